The molecule has 2 heterocycles. The molecule has 4 unspecified atom stereocenters. The minimum Gasteiger partial charge on any atom is -0.469 e. The lowest BCUT2D eigenvalue weighted by Gasteiger charge is -2.23. The molecule has 7 heteroatoms. The van der Waals surface area contributed by atoms with Gasteiger partial charge < -0.3 is 18.9 Å². The van der Waals surface area contributed by atoms with Crippen molar-refractivity contribution in [1.82, 2.24) is 0 Å². The summed E-state index contributed by atoms with van der Waals surface area (Å²) < 4.78 is 19.3. The zero-order valence-corrected chi connectivity index (χ0v) is 10.8. The third-order valence-corrected chi connectivity index (χ3v) is 3.46. The van der Waals surface area contributed by atoms with Crippen LogP contribution in [0.25, 0.3) is 0 Å². The van der Waals surface area contributed by atoms with Crippen LogP contribution < -0.4 is 0 Å². The van der Waals surface area contributed by atoms with E-state index in [-0.39, 0.29) is 12.7 Å². The second-order valence-electron chi connectivity index (χ2n) is 4.47. The standard InChI is InChI=1S/C12H16O7/c1-3-17-12(15)19-11(14)9-7-5-4-6(18-7)8(9)10(13)16-2/h6-9H,3-5H2,1-2H3. The SMILES string of the molecule is CCOC(=O)OC(=O)C1C2CCC(O2)C1C(=O)OC. The van der Waals surface area contributed by atoms with Crippen LogP contribution in [0, 0.1) is 11.8 Å². The van der Waals surface area contributed by atoms with Crippen molar-refractivity contribution in [3.63, 3.8) is 0 Å². The number of carbonyl (C=O) groups is 3. The van der Waals surface area contributed by atoms with Crippen molar-refractivity contribution in [1.29, 1.82) is 0 Å². The van der Waals surface area contributed by atoms with Crippen LogP contribution in [0.4, 0.5) is 4.79 Å². The van der Waals surface area contributed by atoms with Crippen molar-refractivity contribution in [2.24, 2.45) is 11.8 Å². The van der Waals surface area contributed by atoms with Gasteiger partial charge >= 0.3 is 18.1 Å². The molecular weight excluding hydrogens is 256 g/mol. The number of hydrogen-bond donors (Lipinski definition) is 0. The molecule has 0 aromatic rings. The van der Waals surface area contributed by atoms with Crippen LogP contribution in [-0.2, 0) is 28.5 Å². The minimum atomic E-state index is -1.06. The van der Waals surface area contributed by atoms with E-state index in [0.717, 1.165) is 0 Å². The van der Waals surface area contributed by atoms with Crippen LogP contribution in [0.3, 0.4) is 0 Å². The van der Waals surface area contributed by atoms with Gasteiger partial charge in [0.1, 0.15) is 0 Å². The summed E-state index contributed by atoms with van der Waals surface area (Å²) in [6.45, 7) is 1.71. The normalized spacial score (nSPS) is 31.9. The van der Waals surface area contributed by atoms with E-state index in [9.17, 15) is 14.4 Å². The first-order chi connectivity index (χ1) is 9.08. The van der Waals surface area contributed by atoms with Gasteiger partial charge in [-0.2, -0.15) is 0 Å². The highest BCUT2D eigenvalue weighted by atomic mass is 16.7. The van der Waals surface area contributed by atoms with E-state index in [2.05, 4.69) is 14.2 Å². The van der Waals surface area contributed by atoms with Gasteiger partial charge in [-0.25, -0.2) is 4.79 Å². The highest BCUT2D eigenvalue weighted by Gasteiger charge is 2.57. The molecule has 0 amide bonds. The Morgan fingerprint density at radius 3 is 2.21 bits per heavy atom. The van der Waals surface area contributed by atoms with Crippen molar-refractivity contribution in [2.75, 3.05) is 13.7 Å². The number of fused-ring (bicyclic) bond motifs is 2. The quantitative estimate of drug-likeness (QED) is 0.550. The second-order valence-corrected chi connectivity index (χ2v) is 4.47. The van der Waals surface area contributed by atoms with E-state index < -0.39 is 36.0 Å². The number of rotatable bonds is 3. The zero-order valence-electron chi connectivity index (χ0n) is 10.8. The van der Waals surface area contributed by atoms with Crippen molar-refractivity contribution in [3.8, 4) is 0 Å². The number of ether oxygens (including phenoxy) is 4. The van der Waals surface area contributed by atoms with Gasteiger partial charge in [0.05, 0.1) is 37.8 Å². The van der Waals surface area contributed by atoms with Crippen molar-refractivity contribution in [2.45, 2.75) is 32.0 Å². The lowest BCUT2D eigenvalue weighted by Crippen LogP contribution is -2.40. The second kappa shape index (κ2) is 5.56. The average molecular weight is 272 g/mol. The Labute approximate surface area is 110 Å². The van der Waals surface area contributed by atoms with E-state index in [1.54, 1.807) is 6.92 Å². The van der Waals surface area contributed by atoms with E-state index in [1.165, 1.54) is 7.11 Å². The number of carbonyl (C=O) groups excluding carboxylic acids is 3. The van der Waals surface area contributed by atoms with Crippen molar-refractivity contribution >= 4 is 18.1 Å². The van der Waals surface area contributed by atoms with Crippen LogP contribution in [0.2, 0.25) is 0 Å². The van der Waals surface area contributed by atoms with Gasteiger partial charge in [-0.1, -0.05) is 0 Å². The summed E-state index contributed by atoms with van der Waals surface area (Å²) in [5.74, 6) is -2.81. The topological polar surface area (TPSA) is 88.1 Å². The van der Waals surface area contributed by atoms with E-state index in [1.807, 2.05) is 0 Å². The molecule has 2 aliphatic heterocycles. The van der Waals surface area contributed by atoms with E-state index >= 15 is 0 Å². The smallest absolute Gasteiger partial charge is 0.469 e. The molecule has 0 aromatic heterocycles. The molecule has 106 valence electrons. The van der Waals surface area contributed by atoms with Crippen LogP contribution >= 0.6 is 0 Å². The molecule has 0 spiro atoms. The first-order valence-electron chi connectivity index (χ1n) is 6.20. The fraction of sp³-hybridized carbons (Fsp3) is 0.750. The predicted molar refractivity (Wildman–Crippen MR) is 60.0 cm³/mol. The van der Waals surface area contributed by atoms with Gasteiger partial charge in [0.25, 0.3) is 0 Å². The summed E-state index contributed by atoms with van der Waals surface area (Å²) in [4.78, 5) is 34.8. The molecule has 0 radical (unpaired) electrons. The van der Waals surface area contributed by atoms with Gasteiger partial charge in [0.2, 0.25) is 0 Å². The molecular formula is C12H16O7. The molecule has 2 saturated heterocycles. The number of esters is 2. The third kappa shape index (κ3) is 2.56. The summed E-state index contributed by atoms with van der Waals surface area (Å²) in [5.41, 5.74) is 0. The van der Waals surface area contributed by atoms with Crippen LogP contribution in [0.1, 0.15) is 19.8 Å². The molecule has 19 heavy (non-hydrogen) atoms. The Morgan fingerprint density at radius 1 is 1.11 bits per heavy atom. The fourth-order valence-corrected chi connectivity index (χ4v) is 2.71. The van der Waals surface area contributed by atoms with Crippen LogP contribution in [0.15, 0.2) is 0 Å². The molecule has 4 atom stereocenters. The van der Waals surface area contributed by atoms with Gasteiger partial charge in [-0.05, 0) is 19.8 Å². The molecule has 2 aliphatic rings. The van der Waals surface area contributed by atoms with Crippen molar-refractivity contribution in [3.05, 3.63) is 0 Å². The maximum atomic E-state index is 11.9. The lowest BCUT2D eigenvalue weighted by atomic mass is 9.79. The average Bonchev–Trinajstić information content (AvgIpc) is 2.97. The highest BCUT2D eigenvalue weighted by Crippen LogP contribution is 2.44. The largest absolute Gasteiger partial charge is 0.516 e. The summed E-state index contributed by atoms with van der Waals surface area (Å²) in [6.07, 6.45) is -0.416. The molecule has 2 fully saturated rings. The summed E-state index contributed by atoms with van der Waals surface area (Å²) in [7, 11) is 1.25. The molecule has 0 N–H and O–H groups in total. The predicted octanol–water partition coefficient (Wildman–Crippen LogP) is 0.653. The Morgan fingerprint density at radius 2 is 1.68 bits per heavy atom. The van der Waals surface area contributed by atoms with Gasteiger partial charge in [0, 0.05) is 0 Å². The summed E-state index contributed by atoms with van der Waals surface area (Å²) in [5, 5.41) is 0. The van der Waals surface area contributed by atoms with E-state index in [4.69, 9.17) is 4.74 Å². The lowest BCUT2D eigenvalue weighted by molar-refractivity contribution is -0.157. The molecule has 7 nitrogen and oxygen atoms in total. The third-order valence-electron chi connectivity index (χ3n) is 3.46. The Kier molecular flexibility index (Phi) is 4.04. The number of methoxy groups -OCH3 is 1. The van der Waals surface area contributed by atoms with E-state index in [0.29, 0.717) is 12.8 Å². The fourth-order valence-electron chi connectivity index (χ4n) is 2.71. The molecule has 2 bridgehead atoms. The Bertz CT molecular complexity index is 392. The highest BCUT2D eigenvalue weighted by molar-refractivity contribution is 5.89. The number of hydrogen-bond acceptors (Lipinski definition) is 7. The maximum Gasteiger partial charge on any atom is 0.516 e. The first kappa shape index (κ1) is 13.8. The monoisotopic (exact) mass is 272 g/mol. The maximum absolute atomic E-state index is 11.9. The Hall–Kier alpha value is -1.63. The van der Waals surface area contributed by atoms with Crippen LogP contribution in [-0.4, -0.2) is 44.0 Å². The molecule has 0 aromatic carbocycles. The zero-order chi connectivity index (χ0) is 14.0. The summed E-state index contributed by atoms with van der Waals surface area (Å²) >= 11 is 0. The van der Waals surface area contributed by atoms with Gasteiger partial charge in [-0.15, -0.1) is 0 Å². The first-order valence-corrected chi connectivity index (χ1v) is 6.20. The Balaban J connectivity index is 2.06. The minimum absolute atomic E-state index is 0.111. The summed E-state index contributed by atoms with van der Waals surface area (Å²) in [6, 6.07) is 0. The molecule has 0 saturated carbocycles. The van der Waals surface area contributed by atoms with Crippen LogP contribution in [0.5, 0.6) is 0 Å². The van der Waals surface area contributed by atoms with Gasteiger partial charge in [0.15, 0.2) is 0 Å². The molecule has 0 aliphatic carbocycles. The molecule has 2 rings (SSSR count). The van der Waals surface area contributed by atoms with Crippen molar-refractivity contribution < 1.29 is 33.3 Å². The van der Waals surface area contributed by atoms with Gasteiger partial charge in [-0.3, -0.25) is 9.59 Å².